The molecule has 1 aromatic heterocycles. The van der Waals surface area contributed by atoms with E-state index in [1.54, 1.807) is 14.1 Å². The van der Waals surface area contributed by atoms with Crippen molar-refractivity contribution in [2.75, 3.05) is 30.5 Å². The fourth-order valence-corrected chi connectivity index (χ4v) is 0.835. The molecule has 1 aromatic rings. The molecule has 0 unspecified atom stereocenters. The molecule has 0 bridgehead atoms. The number of nitrogens with zero attached hydrogens (tertiary/aromatic N) is 2. The Morgan fingerprint density at radius 3 is 2.15 bits per heavy atom. The number of nitrogen functional groups attached to an aromatic ring is 1. The summed E-state index contributed by atoms with van der Waals surface area (Å²) < 4.78 is 0. The summed E-state index contributed by atoms with van der Waals surface area (Å²) in [4.78, 5) is 7.79. The van der Waals surface area contributed by atoms with Gasteiger partial charge in [0.25, 0.3) is 0 Å². The minimum atomic E-state index is 0.451. The molecule has 0 saturated heterocycles. The van der Waals surface area contributed by atoms with Crippen LogP contribution < -0.4 is 16.4 Å². The SMILES string of the molecule is CC.CNc1ncnc(N)c1NC. The largest absolute Gasteiger partial charge is 0.382 e. The quantitative estimate of drug-likeness (QED) is 0.641. The van der Waals surface area contributed by atoms with Gasteiger partial charge in [0, 0.05) is 14.1 Å². The predicted molar refractivity (Wildman–Crippen MR) is 56.9 cm³/mol. The Bertz CT molecular complexity index is 248. The Labute approximate surface area is 78.8 Å². The maximum absolute atomic E-state index is 5.55. The summed E-state index contributed by atoms with van der Waals surface area (Å²) in [5, 5.41) is 5.80. The van der Waals surface area contributed by atoms with Crippen molar-refractivity contribution >= 4 is 17.3 Å². The van der Waals surface area contributed by atoms with Crippen molar-refractivity contribution < 1.29 is 0 Å². The molecule has 0 amide bonds. The first-order valence-electron chi connectivity index (χ1n) is 4.25. The summed E-state index contributed by atoms with van der Waals surface area (Å²) in [6.45, 7) is 4.00. The molecule has 0 aliphatic rings. The van der Waals surface area contributed by atoms with Gasteiger partial charge in [-0.2, -0.15) is 0 Å². The third-order valence-electron chi connectivity index (χ3n) is 1.36. The van der Waals surface area contributed by atoms with Crippen molar-refractivity contribution in [3.63, 3.8) is 0 Å². The van der Waals surface area contributed by atoms with Crippen LogP contribution in [0.15, 0.2) is 6.33 Å². The van der Waals surface area contributed by atoms with Gasteiger partial charge in [0.15, 0.2) is 11.6 Å². The lowest BCUT2D eigenvalue weighted by atomic mass is 10.4. The Hall–Kier alpha value is -1.52. The highest BCUT2D eigenvalue weighted by molar-refractivity contribution is 5.74. The zero-order chi connectivity index (χ0) is 10.3. The molecule has 0 saturated carbocycles. The summed E-state index contributed by atoms with van der Waals surface area (Å²) in [6.07, 6.45) is 1.42. The molecule has 0 fully saturated rings. The molecule has 0 spiro atoms. The van der Waals surface area contributed by atoms with E-state index in [1.165, 1.54) is 6.33 Å². The molecule has 1 rings (SSSR count). The lowest BCUT2D eigenvalue weighted by Crippen LogP contribution is -2.04. The molecule has 0 aromatic carbocycles. The van der Waals surface area contributed by atoms with E-state index in [4.69, 9.17) is 5.73 Å². The van der Waals surface area contributed by atoms with Crippen LogP contribution in [0.1, 0.15) is 13.8 Å². The van der Waals surface area contributed by atoms with Crippen molar-refractivity contribution in [3.05, 3.63) is 6.33 Å². The van der Waals surface area contributed by atoms with Gasteiger partial charge in [-0.05, 0) is 0 Å². The maximum atomic E-state index is 5.55. The van der Waals surface area contributed by atoms with Crippen LogP contribution in [0, 0.1) is 0 Å². The number of rotatable bonds is 2. The normalized spacial score (nSPS) is 8.31. The average molecular weight is 183 g/mol. The van der Waals surface area contributed by atoms with E-state index in [0.29, 0.717) is 11.6 Å². The van der Waals surface area contributed by atoms with Crippen LogP contribution in [0.4, 0.5) is 17.3 Å². The summed E-state index contributed by atoms with van der Waals surface area (Å²) in [7, 11) is 3.55. The minimum absolute atomic E-state index is 0.451. The van der Waals surface area contributed by atoms with Crippen LogP contribution in [0.2, 0.25) is 0 Å². The van der Waals surface area contributed by atoms with Crippen LogP contribution >= 0.6 is 0 Å². The molecule has 13 heavy (non-hydrogen) atoms. The van der Waals surface area contributed by atoms with Gasteiger partial charge in [-0.25, -0.2) is 9.97 Å². The van der Waals surface area contributed by atoms with Crippen molar-refractivity contribution in [3.8, 4) is 0 Å². The smallest absolute Gasteiger partial charge is 0.154 e. The van der Waals surface area contributed by atoms with Crippen molar-refractivity contribution in [2.24, 2.45) is 0 Å². The fourth-order valence-electron chi connectivity index (χ4n) is 0.835. The number of nitrogens with one attached hydrogen (secondary N) is 2. The fraction of sp³-hybridized carbons (Fsp3) is 0.500. The number of hydrogen-bond donors (Lipinski definition) is 3. The van der Waals surface area contributed by atoms with E-state index in [1.807, 2.05) is 13.8 Å². The second kappa shape index (κ2) is 6.05. The molecule has 74 valence electrons. The van der Waals surface area contributed by atoms with Gasteiger partial charge in [-0.15, -0.1) is 0 Å². The van der Waals surface area contributed by atoms with Crippen LogP contribution in [0.5, 0.6) is 0 Å². The first-order chi connectivity index (χ1) is 6.29. The number of anilines is 3. The lowest BCUT2D eigenvalue weighted by molar-refractivity contribution is 1.16. The number of hydrogen-bond acceptors (Lipinski definition) is 5. The summed E-state index contributed by atoms with van der Waals surface area (Å²) in [5.74, 6) is 1.16. The standard InChI is InChI=1S/C6H11N5.C2H6/c1-8-4-5(7)10-3-11-6(4)9-2;1-2/h3,8H,1-2H3,(H3,7,9,10,11);1-2H3. The van der Waals surface area contributed by atoms with Gasteiger partial charge in [0.2, 0.25) is 0 Å². The van der Waals surface area contributed by atoms with E-state index in [-0.39, 0.29) is 0 Å². The minimum Gasteiger partial charge on any atom is -0.382 e. The molecule has 5 heteroatoms. The van der Waals surface area contributed by atoms with Crippen molar-refractivity contribution in [1.29, 1.82) is 0 Å². The zero-order valence-corrected chi connectivity index (χ0v) is 8.55. The molecule has 0 atom stereocenters. The Morgan fingerprint density at radius 2 is 1.77 bits per heavy atom. The first kappa shape index (κ1) is 11.5. The molecular formula is C8H17N5. The molecule has 0 aliphatic carbocycles. The molecule has 1 heterocycles. The highest BCUT2D eigenvalue weighted by atomic mass is 15.1. The molecule has 5 nitrogen and oxygen atoms in total. The Balaban J connectivity index is 0.000000671. The maximum Gasteiger partial charge on any atom is 0.154 e. The summed E-state index contributed by atoms with van der Waals surface area (Å²) in [5.41, 5.74) is 6.29. The van der Waals surface area contributed by atoms with Crippen LogP contribution in [-0.2, 0) is 0 Å². The molecule has 4 N–H and O–H groups in total. The topological polar surface area (TPSA) is 75.9 Å². The van der Waals surface area contributed by atoms with E-state index >= 15 is 0 Å². The summed E-state index contributed by atoms with van der Waals surface area (Å²) in [6, 6.07) is 0. The van der Waals surface area contributed by atoms with Gasteiger partial charge in [-0.1, -0.05) is 13.8 Å². The molecule has 0 aliphatic heterocycles. The van der Waals surface area contributed by atoms with Gasteiger partial charge in [-0.3, -0.25) is 0 Å². The third kappa shape index (κ3) is 2.77. The average Bonchev–Trinajstić information content (AvgIpc) is 2.20. The van der Waals surface area contributed by atoms with Crippen molar-refractivity contribution in [2.45, 2.75) is 13.8 Å². The Morgan fingerprint density at radius 1 is 1.15 bits per heavy atom. The van der Waals surface area contributed by atoms with E-state index in [0.717, 1.165) is 5.69 Å². The van der Waals surface area contributed by atoms with Gasteiger partial charge in [0.05, 0.1) is 0 Å². The summed E-state index contributed by atoms with van der Waals surface area (Å²) >= 11 is 0. The molecule has 0 radical (unpaired) electrons. The van der Waals surface area contributed by atoms with Crippen LogP contribution in [0.25, 0.3) is 0 Å². The van der Waals surface area contributed by atoms with Gasteiger partial charge >= 0.3 is 0 Å². The number of aromatic nitrogens is 2. The van der Waals surface area contributed by atoms with Crippen LogP contribution in [-0.4, -0.2) is 24.1 Å². The van der Waals surface area contributed by atoms with Crippen LogP contribution in [0.3, 0.4) is 0 Å². The zero-order valence-electron chi connectivity index (χ0n) is 8.55. The third-order valence-corrected chi connectivity index (χ3v) is 1.36. The van der Waals surface area contributed by atoms with Crippen molar-refractivity contribution in [1.82, 2.24) is 9.97 Å². The monoisotopic (exact) mass is 183 g/mol. The van der Waals surface area contributed by atoms with E-state index in [9.17, 15) is 0 Å². The molecular weight excluding hydrogens is 166 g/mol. The second-order valence-corrected chi connectivity index (χ2v) is 1.98. The van der Waals surface area contributed by atoms with E-state index < -0.39 is 0 Å². The van der Waals surface area contributed by atoms with E-state index in [2.05, 4.69) is 20.6 Å². The Kier molecular flexibility index (Phi) is 5.34. The predicted octanol–water partition coefficient (Wildman–Crippen LogP) is 1.17. The van der Waals surface area contributed by atoms with Gasteiger partial charge < -0.3 is 16.4 Å². The van der Waals surface area contributed by atoms with Gasteiger partial charge in [0.1, 0.15) is 12.0 Å². The first-order valence-corrected chi connectivity index (χ1v) is 4.25. The highest BCUT2D eigenvalue weighted by Gasteiger charge is 2.03. The highest BCUT2D eigenvalue weighted by Crippen LogP contribution is 2.21. The number of nitrogens with two attached hydrogens (primary N) is 1. The lowest BCUT2D eigenvalue weighted by Gasteiger charge is -2.07. The second-order valence-electron chi connectivity index (χ2n) is 1.98.